The molecular formula is C12H10N4O3. The van der Waals surface area contributed by atoms with Gasteiger partial charge in [-0.15, -0.1) is 0 Å². The summed E-state index contributed by atoms with van der Waals surface area (Å²) in [5, 5.41) is 12.8. The number of pyridine rings is 1. The van der Waals surface area contributed by atoms with E-state index in [1.807, 2.05) is 6.92 Å². The highest BCUT2D eigenvalue weighted by Gasteiger charge is 2.14. The van der Waals surface area contributed by atoms with Gasteiger partial charge in [-0.25, -0.2) is 14.8 Å². The quantitative estimate of drug-likeness (QED) is 0.743. The molecule has 19 heavy (non-hydrogen) atoms. The van der Waals surface area contributed by atoms with Crippen LogP contribution in [0.15, 0.2) is 22.9 Å². The predicted octanol–water partition coefficient (Wildman–Crippen LogP) is 1.87. The van der Waals surface area contributed by atoms with Crippen LogP contribution < -0.4 is 0 Å². The third kappa shape index (κ3) is 1.85. The van der Waals surface area contributed by atoms with Crippen LogP contribution in [-0.4, -0.2) is 31.2 Å². The second-order valence-corrected chi connectivity index (χ2v) is 3.99. The van der Waals surface area contributed by atoms with Crippen LogP contribution in [0, 0.1) is 0 Å². The molecule has 0 amide bonds. The largest absolute Gasteiger partial charge is 0.477 e. The average Bonchev–Trinajstić information content (AvgIpc) is 3.03. The molecule has 3 rings (SSSR count). The highest BCUT2D eigenvalue weighted by atomic mass is 16.5. The minimum absolute atomic E-state index is 0.0356. The summed E-state index contributed by atoms with van der Waals surface area (Å²) in [6.07, 6.45) is 2.23. The third-order valence-corrected chi connectivity index (χ3v) is 2.80. The SMILES string of the molecule is CCc1nocc1-c1nc2nc(C(=O)O)ccc2[nH]1. The fourth-order valence-electron chi connectivity index (χ4n) is 1.85. The lowest BCUT2D eigenvalue weighted by molar-refractivity contribution is 0.0691. The molecule has 7 heteroatoms. The van der Waals surface area contributed by atoms with Gasteiger partial charge < -0.3 is 14.6 Å². The highest BCUT2D eigenvalue weighted by molar-refractivity contribution is 5.88. The number of aromatic nitrogens is 4. The van der Waals surface area contributed by atoms with E-state index in [0.29, 0.717) is 17.0 Å². The molecule has 0 saturated heterocycles. The summed E-state index contributed by atoms with van der Waals surface area (Å²) in [5.41, 5.74) is 2.54. The summed E-state index contributed by atoms with van der Waals surface area (Å²) >= 11 is 0. The number of imidazole rings is 1. The van der Waals surface area contributed by atoms with Crippen molar-refractivity contribution in [1.82, 2.24) is 20.1 Å². The molecule has 0 aliphatic heterocycles. The Bertz CT molecular complexity index is 759. The van der Waals surface area contributed by atoms with Crippen molar-refractivity contribution in [3.05, 3.63) is 29.8 Å². The number of rotatable bonds is 3. The van der Waals surface area contributed by atoms with Crippen molar-refractivity contribution >= 4 is 17.1 Å². The first-order valence-electron chi connectivity index (χ1n) is 5.72. The zero-order valence-corrected chi connectivity index (χ0v) is 10.0. The molecule has 0 unspecified atom stereocenters. The number of H-pyrrole nitrogens is 1. The van der Waals surface area contributed by atoms with Crippen LogP contribution in [0.4, 0.5) is 0 Å². The monoisotopic (exact) mass is 258 g/mol. The third-order valence-electron chi connectivity index (χ3n) is 2.80. The van der Waals surface area contributed by atoms with Crippen LogP contribution in [0.25, 0.3) is 22.6 Å². The number of hydrogen-bond acceptors (Lipinski definition) is 5. The Balaban J connectivity index is 2.14. The van der Waals surface area contributed by atoms with Crippen molar-refractivity contribution in [2.45, 2.75) is 13.3 Å². The van der Waals surface area contributed by atoms with Crippen molar-refractivity contribution in [3.63, 3.8) is 0 Å². The molecule has 0 aliphatic rings. The Hall–Kier alpha value is -2.70. The van der Waals surface area contributed by atoms with Gasteiger partial charge in [-0.2, -0.15) is 0 Å². The second-order valence-electron chi connectivity index (χ2n) is 3.99. The number of aromatic carboxylic acids is 1. The molecule has 0 radical (unpaired) electrons. The number of aromatic amines is 1. The first kappa shape index (κ1) is 11.4. The molecule has 0 bridgehead atoms. The standard InChI is InChI=1S/C12H10N4O3/c1-2-7-6(5-19-16-7)10-13-8-3-4-9(12(17)18)14-11(8)15-10/h3-5H,2H2,1H3,(H,17,18)(H,13,14,15). The Morgan fingerprint density at radius 3 is 3.00 bits per heavy atom. The minimum Gasteiger partial charge on any atom is -0.477 e. The zero-order valence-electron chi connectivity index (χ0n) is 10.0. The van der Waals surface area contributed by atoms with Gasteiger partial charge in [0.15, 0.2) is 11.3 Å². The smallest absolute Gasteiger partial charge is 0.354 e. The molecule has 3 heterocycles. The molecule has 3 aromatic heterocycles. The Labute approximate surface area is 107 Å². The maximum absolute atomic E-state index is 10.9. The number of nitrogens with zero attached hydrogens (tertiary/aromatic N) is 3. The van der Waals surface area contributed by atoms with E-state index in [1.54, 1.807) is 6.07 Å². The molecule has 0 spiro atoms. The zero-order chi connectivity index (χ0) is 13.4. The van der Waals surface area contributed by atoms with Gasteiger partial charge in [-0.3, -0.25) is 0 Å². The van der Waals surface area contributed by atoms with Crippen molar-refractivity contribution in [1.29, 1.82) is 0 Å². The number of carboxylic acid groups (broad SMARTS) is 1. The molecule has 0 aliphatic carbocycles. The van der Waals surface area contributed by atoms with E-state index in [4.69, 9.17) is 9.63 Å². The maximum Gasteiger partial charge on any atom is 0.354 e. The molecule has 0 atom stereocenters. The molecule has 7 nitrogen and oxygen atoms in total. The first-order valence-corrected chi connectivity index (χ1v) is 5.72. The van der Waals surface area contributed by atoms with E-state index in [-0.39, 0.29) is 5.69 Å². The van der Waals surface area contributed by atoms with Crippen LogP contribution in [0.2, 0.25) is 0 Å². The van der Waals surface area contributed by atoms with Crippen molar-refractivity contribution < 1.29 is 14.4 Å². The maximum atomic E-state index is 10.9. The summed E-state index contributed by atoms with van der Waals surface area (Å²) in [7, 11) is 0. The van der Waals surface area contributed by atoms with Gasteiger partial charge in [0, 0.05) is 0 Å². The minimum atomic E-state index is -1.08. The topological polar surface area (TPSA) is 105 Å². The van der Waals surface area contributed by atoms with E-state index in [2.05, 4.69) is 20.1 Å². The second kappa shape index (κ2) is 4.20. The van der Waals surface area contributed by atoms with Gasteiger partial charge in [-0.05, 0) is 18.6 Å². The molecule has 96 valence electrons. The number of hydrogen-bond donors (Lipinski definition) is 2. The van der Waals surface area contributed by atoms with Crippen LogP contribution in [0.1, 0.15) is 23.1 Å². The highest BCUT2D eigenvalue weighted by Crippen LogP contribution is 2.23. The van der Waals surface area contributed by atoms with Crippen molar-refractivity contribution in [2.24, 2.45) is 0 Å². The first-order chi connectivity index (χ1) is 9.19. The molecule has 0 fully saturated rings. The normalized spacial score (nSPS) is 11.0. The van der Waals surface area contributed by atoms with Gasteiger partial charge in [0.25, 0.3) is 0 Å². The van der Waals surface area contributed by atoms with Crippen LogP contribution in [0.5, 0.6) is 0 Å². The number of nitrogens with one attached hydrogen (secondary N) is 1. The summed E-state index contributed by atoms with van der Waals surface area (Å²) in [4.78, 5) is 22.2. The molecule has 3 aromatic rings. The number of carboxylic acids is 1. The van der Waals surface area contributed by atoms with Crippen LogP contribution in [0.3, 0.4) is 0 Å². The molecule has 2 N–H and O–H groups in total. The van der Waals surface area contributed by atoms with Gasteiger partial charge in [-0.1, -0.05) is 12.1 Å². The lowest BCUT2D eigenvalue weighted by Gasteiger charge is -1.91. The molecular weight excluding hydrogens is 248 g/mol. The molecule has 0 saturated carbocycles. The van der Waals surface area contributed by atoms with E-state index in [9.17, 15) is 4.79 Å². The van der Waals surface area contributed by atoms with Crippen molar-refractivity contribution in [3.8, 4) is 11.4 Å². The van der Waals surface area contributed by atoms with E-state index in [1.165, 1.54) is 12.3 Å². The fourth-order valence-corrected chi connectivity index (χ4v) is 1.85. The van der Waals surface area contributed by atoms with Crippen LogP contribution >= 0.6 is 0 Å². The van der Waals surface area contributed by atoms with Gasteiger partial charge in [0.2, 0.25) is 0 Å². The summed E-state index contributed by atoms with van der Waals surface area (Å²) in [6, 6.07) is 3.07. The number of aryl methyl sites for hydroxylation is 1. The number of fused-ring (bicyclic) bond motifs is 1. The Morgan fingerprint density at radius 2 is 2.26 bits per heavy atom. The average molecular weight is 258 g/mol. The molecule has 0 aromatic carbocycles. The van der Waals surface area contributed by atoms with Gasteiger partial charge in [0.05, 0.1) is 16.8 Å². The summed E-state index contributed by atoms with van der Waals surface area (Å²) in [5.74, 6) is -0.506. The Kier molecular flexibility index (Phi) is 2.52. The lowest BCUT2D eigenvalue weighted by atomic mass is 10.2. The van der Waals surface area contributed by atoms with Crippen LogP contribution in [-0.2, 0) is 6.42 Å². The van der Waals surface area contributed by atoms with E-state index < -0.39 is 5.97 Å². The van der Waals surface area contributed by atoms with Crippen molar-refractivity contribution in [2.75, 3.05) is 0 Å². The fraction of sp³-hybridized carbons (Fsp3) is 0.167. The van der Waals surface area contributed by atoms with Gasteiger partial charge >= 0.3 is 5.97 Å². The Morgan fingerprint density at radius 1 is 1.42 bits per heavy atom. The van der Waals surface area contributed by atoms with E-state index in [0.717, 1.165) is 17.7 Å². The predicted molar refractivity (Wildman–Crippen MR) is 65.7 cm³/mol. The summed E-state index contributed by atoms with van der Waals surface area (Å²) in [6.45, 7) is 1.96. The number of carbonyl (C=O) groups is 1. The summed E-state index contributed by atoms with van der Waals surface area (Å²) < 4.78 is 4.92. The lowest BCUT2D eigenvalue weighted by Crippen LogP contribution is -1.99. The van der Waals surface area contributed by atoms with E-state index >= 15 is 0 Å². The van der Waals surface area contributed by atoms with Gasteiger partial charge in [0.1, 0.15) is 12.1 Å².